The van der Waals surface area contributed by atoms with E-state index >= 15 is 0 Å². The fourth-order valence-electron chi connectivity index (χ4n) is 4.62. The maximum atomic E-state index is 13.2. The van der Waals surface area contributed by atoms with E-state index in [9.17, 15) is 4.79 Å². The minimum atomic E-state index is -0.222. The molecule has 0 unspecified atom stereocenters. The van der Waals surface area contributed by atoms with Crippen LogP contribution >= 0.6 is 35.0 Å². The Morgan fingerprint density at radius 1 is 1.18 bits per heavy atom. The van der Waals surface area contributed by atoms with Crippen molar-refractivity contribution in [3.8, 4) is 0 Å². The number of carbonyl (C=O) groups excluding carboxylic acids is 1. The molecule has 2 aromatic heterocycles. The Balaban J connectivity index is 1.29. The van der Waals surface area contributed by atoms with Gasteiger partial charge in [0.25, 0.3) is 5.91 Å². The molecule has 34 heavy (non-hydrogen) atoms. The predicted octanol–water partition coefficient (Wildman–Crippen LogP) is 5.37. The van der Waals surface area contributed by atoms with E-state index in [1.165, 1.54) is 33.9 Å². The number of hydrogen-bond donors (Lipinski definition) is 2. The van der Waals surface area contributed by atoms with Gasteiger partial charge in [-0.15, -0.1) is 0 Å². The molecule has 0 saturated carbocycles. The number of aromatic nitrogens is 3. The summed E-state index contributed by atoms with van der Waals surface area (Å²) in [7, 11) is 2.10. The van der Waals surface area contributed by atoms with Crippen molar-refractivity contribution in [2.45, 2.75) is 18.0 Å². The molecule has 0 atom stereocenters. The molecule has 2 aliphatic heterocycles. The minimum absolute atomic E-state index is 0.222. The number of thioether (sulfide) groups is 1. The normalized spacial score (nSPS) is 15.4. The second kappa shape index (κ2) is 8.46. The van der Waals surface area contributed by atoms with E-state index in [1.807, 2.05) is 6.07 Å². The molecule has 2 aliphatic rings. The molecular formula is C24H20Cl2N6OS. The predicted molar refractivity (Wildman–Crippen MR) is 138 cm³/mol. The number of benzene rings is 2. The van der Waals surface area contributed by atoms with Gasteiger partial charge in [0.2, 0.25) is 5.95 Å². The molecular weight excluding hydrogens is 491 g/mol. The number of carbonyl (C=O) groups is 1. The number of amides is 1. The van der Waals surface area contributed by atoms with E-state index in [4.69, 9.17) is 23.2 Å². The van der Waals surface area contributed by atoms with Crippen molar-refractivity contribution in [1.29, 1.82) is 0 Å². The number of fused-ring (bicyclic) bond motifs is 4. The Labute approximate surface area is 210 Å². The van der Waals surface area contributed by atoms with Crippen LogP contribution in [0.25, 0.3) is 10.9 Å². The molecule has 0 radical (unpaired) electrons. The number of rotatable bonds is 3. The van der Waals surface area contributed by atoms with Gasteiger partial charge in [-0.3, -0.25) is 9.69 Å². The summed E-state index contributed by atoms with van der Waals surface area (Å²) >= 11 is 14.1. The highest BCUT2D eigenvalue weighted by atomic mass is 35.5. The second-order valence-electron chi connectivity index (χ2n) is 8.26. The first-order valence-corrected chi connectivity index (χ1v) is 12.6. The third kappa shape index (κ3) is 3.53. The van der Waals surface area contributed by atoms with Crippen LogP contribution < -0.4 is 15.5 Å². The third-order valence-electron chi connectivity index (χ3n) is 6.30. The SMILES string of the molecule is Cn1c2c(c3ccc(Nc4ncc5c(n4)SCN(c4c(Cl)cccc4Cl)C5=O)cc31)CCNC2. The smallest absolute Gasteiger partial charge is 0.263 e. The zero-order chi connectivity index (χ0) is 23.4. The second-order valence-corrected chi connectivity index (χ2v) is 10.0. The molecule has 0 saturated heterocycles. The van der Waals surface area contributed by atoms with Crippen LogP contribution in [0.15, 0.2) is 47.6 Å². The molecule has 7 nitrogen and oxygen atoms in total. The molecule has 4 aromatic rings. The number of anilines is 3. The molecule has 6 rings (SSSR count). The third-order valence-corrected chi connectivity index (χ3v) is 7.89. The average molecular weight is 511 g/mol. The van der Waals surface area contributed by atoms with Crippen LogP contribution in [0, 0.1) is 0 Å². The average Bonchev–Trinajstić information content (AvgIpc) is 3.12. The van der Waals surface area contributed by atoms with Crippen molar-refractivity contribution in [1.82, 2.24) is 19.9 Å². The number of para-hydroxylation sites is 1. The van der Waals surface area contributed by atoms with E-state index in [0.29, 0.717) is 38.1 Å². The van der Waals surface area contributed by atoms with E-state index < -0.39 is 0 Å². The highest BCUT2D eigenvalue weighted by molar-refractivity contribution is 7.99. The molecule has 1 amide bonds. The Morgan fingerprint density at radius 3 is 2.82 bits per heavy atom. The monoisotopic (exact) mass is 510 g/mol. The molecule has 0 spiro atoms. The summed E-state index contributed by atoms with van der Waals surface area (Å²) in [5, 5.41) is 9.52. The van der Waals surface area contributed by atoms with Gasteiger partial charge in [-0.1, -0.05) is 47.1 Å². The zero-order valence-corrected chi connectivity index (χ0v) is 20.6. The lowest BCUT2D eigenvalue weighted by molar-refractivity contribution is 0.0985. The largest absolute Gasteiger partial charge is 0.346 e. The van der Waals surface area contributed by atoms with Gasteiger partial charge in [0.15, 0.2) is 0 Å². The molecule has 0 fully saturated rings. The summed E-state index contributed by atoms with van der Waals surface area (Å²) in [6.07, 6.45) is 2.59. The quantitative estimate of drug-likeness (QED) is 0.360. The van der Waals surface area contributed by atoms with Crippen LogP contribution in [-0.4, -0.2) is 32.9 Å². The summed E-state index contributed by atoms with van der Waals surface area (Å²) < 4.78 is 2.25. The van der Waals surface area contributed by atoms with Gasteiger partial charge in [0, 0.05) is 36.6 Å². The van der Waals surface area contributed by atoms with Crippen molar-refractivity contribution in [3.05, 3.63) is 69.5 Å². The molecule has 2 N–H and O–H groups in total. The molecule has 0 aliphatic carbocycles. The number of aryl methyl sites for hydroxylation is 1. The summed E-state index contributed by atoms with van der Waals surface area (Å²) in [6, 6.07) is 11.5. The van der Waals surface area contributed by atoms with Crippen LogP contribution in [0.5, 0.6) is 0 Å². The van der Waals surface area contributed by atoms with Gasteiger partial charge < -0.3 is 15.2 Å². The van der Waals surface area contributed by atoms with E-state index in [1.54, 1.807) is 29.3 Å². The van der Waals surface area contributed by atoms with Crippen LogP contribution in [0.3, 0.4) is 0 Å². The maximum Gasteiger partial charge on any atom is 0.263 e. The first kappa shape index (κ1) is 21.7. The van der Waals surface area contributed by atoms with Crippen molar-refractivity contribution >= 4 is 69.1 Å². The van der Waals surface area contributed by atoms with Crippen LogP contribution in [0.4, 0.5) is 17.3 Å². The topological polar surface area (TPSA) is 75.1 Å². The van der Waals surface area contributed by atoms with Gasteiger partial charge in [-0.2, -0.15) is 0 Å². The molecule has 10 heteroatoms. The summed E-state index contributed by atoms with van der Waals surface area (Å²) in [5.74, 6) is 0.587. The molecule has 4 heterocycles. The van der Waals surface area contributed by atoms with Crippen LogP contribution in [0.1, 0.15) is 21.6 Å². The van der Waals surface area contributed by atoms with Gasteiger partial charge in [0.1, 0.15) is 5.03 Å². The Morgan fingerprint density at radius 2 is 2.00 bits per heavy atom. The van der Waals surface area contributed by atoms with E-state index in [2.05, 4.69) is 44.3 Å². The van der Waals surface area contributed by atoms with Gasteiger partial charge in [-0.25, -0.2) is 9.97 Å². The van der Waals surface area contributed by atoms with Gasteiger partial charge in [0.05, 0.1) is 32.7 Å². The molecule has 0 bridgehead atoms. The number of halogens is 2. The summed E-state index contributed by atoms with van der Waals surface area (Å²) in [5.41, 5.74) is 5.76. The summed E-state index contributed by atoms with van der Waals surface area (Å²) in [4.78, 5) is 23.7. The van der Waals surface area contributed by atoms with Crippen LogP contribution in [0.2, 0.25) is 10.0 Å². The van der Waals surface area contributed by atoms with E-state index in [-0.39, 0.29) is 5.91 Å². The zero-order valence-electron chi connectivity index (χ0n) is 18.2. The number of hydrogen-bond acceptors (Lipinski definition) is 6. The molecule has 172 valence electrons. The van der Waals surface area contributed by atoms with Crippen molar-refractivity contribution in [2.24, 2.45) is 7.05 Å². The van der Waals surface area contributed by atoms with Crippen LogP contribution in [-0.2, 0) is 20.0 Å². The number of nitrogens with one attached hydrogen (secondary N) is 2. The Kier molecular flexibility index (Phi) is 5.41. The van der Waals surface area contributed by atoms with E-state index in [0.717, 1.165) is 25.2 Å². The standard InChI is InChI=1S/C24H20Cl2N6OS/c1-31-19-9-13(5-6-14(19)15-7-8-27-11-20(15)31)29-24-28-10-16-22(30-24)34-12-32(23(16)33)21-17(25)3-2-4-18(21)26/h2-6,9-10,27H,7-8,11-12H2,1H3,(H,28,29,30). The van der Waals surface area contributed by atoms with Gasteiger partial charge in [-0.05, 0) is 42.8 Å². The first-order chi connectivity index (χ1) is 16.5. The van der Waals surface area contributed by atoms with Crippen molar-refractivity contribution < 1.29 is 4.79 Å². The fourth-order valence-corrected chi connectivity index (χ4v) is 6.17. The minimum Gasteiger partial charge on any atom is -0.346 e. The Bertz CT molecular complexity index is 1450. The van der Waals surface area contributed by atoms with Gasteiger partial charge >= 0.3 is 0 Å². The summed E-state index contributed by atoms with van der Waals surface area (Å²) in [6.45, 7) is 1.89. The fraction of sp³-hybridized carbons (Fsp3) is 0.208. The van der Waals surface area contributed by atoms with Crippen molar-refractivity contribution in [3.63, 3.8) is 0 Å². The van der Waals surface area contributed by atoms with Crippen molar-refractivity contribution in [2.75, 3.05) is 22.6 Å². The highest BCUT2D eigenvalue weighted by Gasteiger charge is 2.30. The highest BCUT2D eigenvalue weighted by Crippen LogP contribution is 2.39. The lowest BCUT2D eigenvalue weighted by atomic mass is 10.0. The number of nitrogens with zero attached hydrogens (tertiary/aromatic N) is 4. The molecule has 2 aromatic carbocycles. The maximum absolute atomic E-state index is 13.2. The first-order valence-electron chi connectivity index (χ1n) is 10.8. The Hall–Kier alpha value is -2.78. The lowest BCUT2D eigenvalue weighted by Crippen LogP contribution is -2.35. The lowest BCUT2D eigenvalue weighted by Gasteiger charge is -2.28.